The third-order valence-electron chi connectivity index (χ3n) is 3.41. The van der Waals surface area contributed by atoms with Gasteiger partial charge < -0.3 is 9.79 Å². The van der Waals surface area contributed by atoms with Gasteiger partial charge in [0.2, 0.25) is 0 Å². The van der Waals surface area contributed by atoms with Gasteiger partial charge in [0.05, 0.1) is 10.1 Å². The predicted octanol–water partition coefficient (Wildman–Crippen LogP) is 3.44. The largest absolute Gasteiger partial charge is 0.335 e. The summed E-state index contributed by atoms with van der Waals surface area (Å²) in [6, 6.07) is 3.80. The summed E-state index contributed by atoms with van der Waals surface area (Å²) in [4.78, 5) is 29.2. The van der Waals surface area contributed by atoms with Gasteiger partial charge in [-0.1, -0.05) is 31.5 Å². The maximum atomic E-state index is 11.8. The molecule has 106 valence electrons. The number of nitrogens with zero attached hydrogens (tertiary/aromatic N) is 1. The molecule has 0 aromatic heterocycles. The maximum absolute atomic E-state index is 11.8. The molecule has 0 aliphatic carbocycles. The first-order chi connectivity index (χ1) is 8.69. The summed E-state index contributed by atoms with van der Waals surface area (Å²) in [5, 5.41) is 9.21. The Morgan fingerprint density at radius 1 is 1.37 bits per heavy atom. The second-order valence-electron chi connectivity index (χ2n) is 4.21. The van der Waals surface area contributed by atoms with E-state index in [0.717, 1.165) is 0 Å². The SMILES string of the molecule is CCC(CC)(c1ccc([N+](=O)[O-])c(Cl)c1)P(=O)(O)O. The molecule has 2 N–H and O–H groups in total. The van der Waals surface area contributed by atoms with E-state index in [9.17, 15) is 24.5 Å². The highest BCUT2D eigenvalue weighted by Crippen LogP contribution is 2.61. The van der Waals surface area contributed by atoms with Crippen LogP contribution in [-0.2, 0) is 9.72 Å². The predicted molar refractivity (Wildman–Crippen MR) is 72.4 cm³/mol. The van der Waals surface area contributed by atoms with Gasteiger partial charge in [0.15, 0.2) is 0 Å². The quantitative estimate of drug-likeness (QED) is 0.493. The molecular weight excluding hydrogens is 293 g/mol. The van der Waals surface area contributed by atoms with E-state index in [0.29, 0.717) is 5.56 Å². The third kappa shape index (κ3) is 2.82. The molecule has 0 fully saturated rings. The summed E-state index contributed by atoms with van der Waals surface area (Å²) < 4.78 is 11.8. The Bertz CT molecular complexity index is 538. The molecule has 0 radical (unpaired) electrons. The molecule has 0 heterocycles. The summed E-state index contributed by atoms with van der Waals surface area (Å²) in [7, 11) is -4.42. The molecule has 19 heavy (non-hydrogen) atoms. The van der Waals surface area contributed by atoms with Crippen molar-refractivity contribution >= 4 is 24.9 Å². The van der Waals surface area contributed by atoms with Crippen LogP contribution in [0.15, 0.2) is 18.2 Å². The molecule has 0 spiro atoms. The normalized spacial score (nSPS) is 12.5. The zero-order valence-corrected chi connectivity index (χ0v) is 12.2. The van der Waals surface area contributed by atoms with E-state index in [2.05, 4.69) is 0 Å². The van der Waals surface area contributed by atoms with Crippen LogP contribution in [0.2, 0.25) is 5.02 Å². The van der Waals surface area contributed by atoms with E-state index in [1.54, 1.807) is 13.8 Å². The van der Waals surface area contributed by atoms with E-state index in [1.165, 1.54) is 18.2 Å². The molecule has 8 heteroatoms. The van der Waals surface area contributed by atoms with Crippen molar-refractivity contribution in [1.29, 1.82) is 0 Å². The van der Waals surface area contributed by atoms with Crippen LogP contribution in [0.4, 0.5) is 5.69 Å². The lowest BCUT2D eigenvalue weighted by Crippen LogP contribution is -2.24. The first kappa shape index (κ1) is 16.1. The smallest absolute Gasteiger partial charge is 0.324 e. The van der Waals surface area contributed by atoms with Gasteiger partial charge >= 0.3 is 7.60 Å². The summed E-state index contributed by atoms with van der Waals surface area (Å²) in [6.07, 6.45) is 0.420. The Labute approximate surface area is 115 Å². The number of halogens is 1. The van der Waals surface area contributed by atoms with Crippen LogP contribution in [0.3, 0.4) is 0 Å². The Morgan fingerprint density at radius 3 is 2.21 bits per heavy atom. The van der Waals surface area contributed by atoms with Gasteiger partial charge in [0.25, 0.3) is 5.69 Å². The molecule has 0 bridgehead atoms. The third-order valence-corrected chi connectivity index (χ3v) is 5.72. The van der Waals surface area contributed by atoms with Crippen LogP contribution >= 0.6 is 19.2 Å². The van der Waals surface area contributed by atoms with Gasteiger partial charge in [0.1, 0.15) is 5.02 Å². The highest BCUT2D eigenvalue weighted by molar-refractivity contribution is 7.53. The number of rotatable bonds is 5. The van der Waals surface area contributed by atoms with E-state index >= 15 is 0 Å². The molecule has 0 aliphatic heterocycles. The number of benzene rings is 1. The average Bonchev–Trinajstić information content (AvgIpc) is 2.29. The molecule has 1 rings (SSSR count). The van der Waals surface area contributed by atoms with Crippen LogP contribution in [0.1, 0.15) is 32.3 Å². The zero-order valence-electron chi connectivity index (χ0n) is 10.5. The fourth-order valence-corrected chi connectivity index (χ4v) is 3.73. The topological polar surface area (TPSA) is 101 Å². The van der Waals surface area contributed by atoms with Crippen molar-refractivity contribution < 1.29 is 19.3 Å². The van der Waals surface area contributed by atoms with Gasteiger partial charge in [-0.25, -0.2) is 0 Å². The number of hydrogen-bond donors (Lipinski definition) is 2. The number of nitro benzene ring substituents is 1. The monoisotopic (exact) mass is 307 g/mol. The van der Waals surface area contributed by atoms with Crippen molar-refractivity contribution in [1.82, 2.24) is 0 Å². The van der Waals surface area contributed by atoms with E-state index in [1.807, 2.05) is 0 Å². The van der Waals surface area contributed by atoms with Crippen molar-refractivity contribution in [2.75, 3.05) is 0 Å². The van der Waals surface area contributed by atoms with Crippen LogP contribution in [-0.4, -0.2) is 14.7 Å². The molecule has 6 nitrogen and oxygen atoms in total. The first-order valence-corrected chi connectivity index (χ1v) is 7.68. The first-order valence-electron chi connectivity index (χ1n) is 5.69. The minimum absolute atomic E-state index is 0.123. The van der Waals surface area contributed by atoms with E-state index in [4.69, 9.17) is 11.6 Å². The average molecular weight is 308 g/mol. The lowest BCUT2D eigenvalue weighted by atomic mass is 9.92. The molecule has 1 aromatic rings. The van der Waals surface area contributed by atoms with E-state index in [-0.39, 0.29) is 23.6 Å². The minimum atomic E-state index is -4.42. The molecule has 1 aromatic carbocycles. The summed E-state index contributed by atoms with van der Waals surface area (Å²) in [5.74, 6) is 0. The van der Waals surface area contributed by atoms with Crippen LogP contribution in [0.5, 0.6) is 0 Å². The Balaban J connectivity index is 3.46. The standard InChI is InChI=1S/C11H15ClNO5P/c1-3-11(4-2,19(16,17)18)8-5-6-10(13(14)15)9(12)7-8/h5-7H,3-4H2,1-2H3,(H2,16,17,18). The summed E-state index contributed by atoms with van der Waals surface area (Å²) in [5.41, 5.74) is 0.0404. The number of hydrogen-bond acceptors (Lipinski definition) is 3. The second kappa shape index (κ2) is 5.59. The molecule has 0 atom stereocenters. The van der Waals surface area contributed by atoms with Gasteiger partial charge in [-0.3, -0.25) is 14.7 Å². The van der Waals surface area contributed by atoms with Gasteiger partial charge in [0, 0.05) is 6.07 Å². The van der Waals surface area contributed by atoms with Crippen molar-refractivity contribution in [3.05, 3.63) is 38.9 Å². The van der Waals surface area contributed by atoms with Crippen LogP contribution in [0.25, 0.3) is 0 Å². The zero-order chi connectivity index (χ0) is 14.8. The molecule has 0 unspecified atom stereocenters. The van der Waals surface area contributed by atoms with Crippen LogP contribution in [0, 0.1) is 10.1 Å². The molecular formula is C11H15ClNO5P. The molecule has 0 saturated heterocycles. The second-order valence-corrected chi connectivity index (χ2v) is 6.56. The highest BCUT2D eigenvalue weighted by Gasteiger charge is 2.45. The molecule has 0 amide bonds. The Kier molecular flexibility index (Phi) is 4.74. The lowest BCUT2D eigenvalue weighted by Gasteiger charge is -2.32. The van der Waals surface area contributed by atoms with Crippen molar-refractivity contribution in [2.45, 2.75) is 31.8 Å². The fourth-order valence-electron chi connectivity index (χ4n) is 2.18. The molecule has 0 aliphatic rings. The van der Waals surface area contributed by atoms with Crippen molar-refractivity contribution in [3.63, 3.8) is 0 Å². The highest BCUT2D eigenvalue weighted by atomic mass is 35.5. The van der Waals surface area contributed by atoms with Crippen LogP contribution < -0.4 is 0 Å². The van der Waals surface area contributed by atoms with Gasteiger partial charge in [-0.05, 0) is 24.5 Å². The van der Waals surface area contributed by atoms with Crippen molar-refractivity contribution in [3.8, 4) is 0 Å². The summed E-state index contributed by atoms with van der Waals surface area (Å²) >= 11 is 5.80. The Hall–Kier alpha value is -0.940. The summed E-state index contributed by atoms with van der Waals surface area (Å²) in [6.45, 7) is 3.33. The van der Waals surface area contributed by atoms with E-state index < -0.39 is 17.7 Å². The Morgan fingerprint density at radius 2 is 1.89 bits per heavy atom. The van der Waals surface area contributed by atoms with Crippen molar-refractivity contribution in [2.24, 2.45) is 0 Å². The number of nitro groups is 1. The van der Waals surface area contributed by atoms with Gasteiger partial charge in [-0.2, -0.15) is 0 Å². The molecule has 0 saturated carbocycles. The lowest BCUT2D eigenvalue weighted by molar-refractivity contribution is -0.384. The fraction of sp³-hybridized carbons (Fsp3) is 0.455. The maximum Gasteiger partial charge on any atom is 0.335 e. The minimum Gasteiger partial charge on any atom is -0.324 e. The van der Waals surface area contributed by atoms with Gasteiger partial charge in [-0.15, -0.1) is 0 Å².